The van der Waals surface area contributed by atoms with Gasteiger partial charge in [0, 0.05) is 25.2 Å². The number of nitrogens with zero attached hydrogens (tertiary/aromatic N) is 1. The Kier molecular flexibility index (Phi) is 3.28. The maximum Gasteiger partial charge on any atom is 0.163 e. The standard InChI is InChI=1S/C12H18N2O3/c1-8(7-15)14(2)10-6-12-11(5-9(10)13)16-3-4-17-12/h5-6,8,15H,3-4,7,13H2,1-2H3. The molecule has 0 saturated heterocycles. The van der Waals surface area contributed by atoms with E-state index in [9.17, 15) is 0 Å². The molecule has 0 aliphatic carbocycles. The minimum absolute atomic E-state index is 0.000131. The van der Waals surface area contributed by atoms with E-state index in [4.69, 9.17) is 20.3 Å². The number of hydrogen-bond donors (Lipinski definition) is 2. The first-order valence-electron chi connectivity index (χ1n) is 5.66. The van der Waals surface area contributed by atoms with E-state index in [0.29, 0.717) is 30.4 Å². The Morgan fingerprint density at radius 2 is 1.94 bits per heavy atom. The zero-order valence-electron chi connectivity index (χ0n) is 10.1. The summed E-state index contributed by atoms with van der Waals surface area (Å²) in [6.45, 7) is 3.10. The van der Waals surface area contributed by atoms with Crippen LogP contribution in [-0.4, -0.2) is 38.0 Å². The maximum atomic E-state index is 9.16. The van der Waals surface area contributed by atoms with Gasteiger partial charge in [0.1, 0.15) is 13.2 Å². The van der Waals surface area contributed by atoms with E-state index in [0.717, 1.165) is 5.69 Å². The lowest BCUT2D eigenvalue weighted by Gasteiger charge is -2.28. The van der Waals surface area contributed by atoms with Crippen LogP contribution in [0.5, 0.6) is 11.5 Å². The van der Waals surface area contributed by atoms with Gasteiger partial charge in [0.2, 0.25) is 0 Å². The van der Waals surface area contributed by atoms with Crippen LogP contribution in [0.15, 0.2) is 12.1 Å². The van der Waals surface area contributed by atoms with Gasteiger partial charge in [-0.25, -0.2) is 0 Å². The molecule has 0 aromatic heterocycles. The average molecular weight is 238 g/mol. The van der Waals surface area contributed by atoms with Crippen molar-refractivity contribution in [3.05, 3.63) is 12.1 Å². The molecule has 0 fully saturated rings. The molecule has 5 nitrogen and oxygen atoms in total. The largest absolute Gasteiger partial charge is 0.486 e. The van der Waals surface area contributed by atoms with Crippen molar-refractivity contribution in [2.24, 2.45) is 0 Å². The third kappa shape index (κ3) is 2.24. The van der Waals surface area contributed by atoms with Crippen molar-refractivity contribution in [3.63, 3.8) is 0 Å². The van der Waals surface area contributed by atoms with E-state index in [-0.39, 0.29) is 12.6 Å². The second-order valence-corrected chi connectivity index (χ2v) is 4.20. The highest BCUT2D eigenvalue weighted by Gasteiger charge is 2.18. The van der Waals surface area contributed by atoms with Gasteiger partial charge in [0.05, 0.1) is 18.0 Å². The fourth-order valence-electron chi connectivity index (χ4n) is 1.76. The summed E-state index contributed by atoms with van der Waals surface area (Å²) >= 11 is 0. The van der Waals surface area contributed by atoms with Crippen LogP contribution >= 0.6 is 0 Å². The predicted octanol–water partition coefficient (Wildman–Crippen LogP) is 0.857. The van der Waals surface area contributed by atoms with Crippen LogP contribution in [0.25, 0.3) is 0 Å². The van der Waals surface area contributed by atoms with E-state index < -0.39 is 0 Å². The molecule has 1 heterocycles. The smallest absolute Gasteiger partial charge is 0.163 e. The topological polar surface area (TPSA) is 68.0 Å². The van der Waals surface area contributed by atoms with Crippen LogP contribution in [0.1, 0.15) is 6.92 Å². The van der Waals surface area contributed by atoms with E-state index in [2.05, 4.69) is 0 Å². The predicted molar refractivity (Wildman–Crippen MR) is 66.8 cm³/mol. The maximum absolute atomic E-state index is 9.16. The van der Waals surface area contributed by atoms with E-state index >= 15 is 0 Å². The lowest BCUT2D eigenvalue weighted by molar-refractivity contribution is 0.171. The molecule has 0 amide bonds. The van der Waals surface area contributed by atoms with Gasteiger partial charge in [-0.3, -0.25) is 0 Å². The van der Waals surface area contributed by atoms with Crippen molar-refractivity contribution >= 4 is 11.4 Å². The summed E-state index contributed by atoms with van der Waals surface area (Å²) in [5, 5.41) is 9.16. The monoisotopic (exact) mass is 238 g/mol. The number of hydrogen-bond acceptors (Lipinski definition) is 5. The van der Waals surface area contributed by atoms with Crippen LogP contribution in [0.2, 0.25) is 0 Å². The summed E-state index contributed by atoms with van der Waals surface area (Å²) in [6.07, 6.45) is 0. The highest BCUT2D eigenvalue weighted by molar-refractivity contribution is 5.73. The first kappa shape index (κ1) is 11.9. The molecule has 1 unspecified atom stereocenters. The van der Waals surface area contributed by atoms with Crippen molar-refractivity contribution in [1.82, 2.24) is 0 Å². The number of fused-ring (bicyclic) bond motifs is 1. The summed E-state index contributed by atoms with van der Waals surface area (Å²) in [5.74, 6) is 1.39. The quantitative estimate of drug-likeness (QED) is 0.764. The Morgan fingerprint density at radius 1 is 1.35 bits per heavy atom. The number of nitrogen functional groups attached to an aromatic ring is 1. The number of rotatable bonds is 3. The SMILES string of the molecule is CC(CO)N(C)c1cc2c(cc1N)OCCO2. The van der Waals surface area contributed by atoms with Gasteiger partial charge in [-0.2, -0.15) is 0 Å². The molecule has 0 bridgehead atoms. The Hall–Kier alpha value is -1.62. The fraction of sp³-hybridized carbons (Fsp3) is 0.500. The van der Waals surface area contributed by atoms with Crippen molar-refractivity contribution < 1.29 is 14.6 Å². The van der Waals surface area contributed by atoms with Crippen LogP contribution in [0, 0.1) is 0 Å². The third-order valence-corrected chi connectivity index (χ3v) is 3.00. The first-order valence-corrected chi connectivity index (χ1v) is 5.66. The number of benzene rings is 1. The Morgan fingerprint density at radius 3 is 2.53 bits per heavy atom. The van der Waals surface area contributed by atoms with Crippen molar-refractivity contribution in [2.75, 3.05) is 37.5 Å². The van der Waals surface area contributed by atoms with Gasteiger partial charge in [-0.05, 0) is 6.92 Å². The molecular weight excluding hydrogens is 220 g/mol. The molecule has 3 N–H and O–H groups in total. The Bertz CT molecular complexity index is 409. The molecule has 1 aliphatic rings. The zero-order valence-corrected chi connectivity index (χ0v) is 10.1. The minimum Gasteiger partial charge on any atom is -0.486 e. The van der Waals surface area contributed by atoms with Crippen molar-refractivity contribution in [1.29, 1.82) is 0 Å². The normalized spacial score (nSPS) is 15.5. The molecule has 17 heavy (non-hydrogen) atoms. The molecule has 1 aliphatic heterocycles. The van der Waals surface area contributed by atoms with Gasteiger partial charge >= 0.3 is 0 Å². The summed E-state index contributed by atoms with van der Waals surface area (Å²) in [5.41, 5.74) is 7.44. The van der Waals surface area contributed by atoms with Crippen LogP contribution in [0.3, 0.4) is 0 Å². The van der Waals surface area contributed by atoms with Gasteiger partial charge < -0.3 is 25.2 Å². The number of ether oxygens (including phenoxy) is 2. The third-order valence-electron chi connectivity index (χ3n) is 3.00. The Labute approximate surface area is 101 Å². The highest BCUT2D eigenvalue weighted by atomic mass is 16.6. The molecule has 0 radical (unpaired) electrons. The van der Waals surface area contributed by atoms with Crippen LogP contribution in [0.4, 0.5) is 11.4 Å². The molecule has 2 rings (SSSR count). The van der Waals surface area contributed by atoms with E-state index in [1.165, 1.54) is 0 Å². The number of likely N-dealkylation sites (N-methyl/N-ethyl adjacent to an activating group) is 1. The fourth-order valence-corrected chi connectivity index (χ4v) is 1.76. The number of aliphatic hydroxyl groups is 1. The molecule has 0 spiro atoms. The van der Waals surface area contributed by atoms with Crippen molar-refractivity contribution in [3.8, 4) is 11.5 Å². The van der Waals surface area contributed by atoms with E-state index in [1.807, 2.05) is 24.9 Å². The summed E-state index contributed by atoms with van der Waals surface area (Å²) < 4.78 is 11.0. The van der Waals surface area contributed by atoms with Crippen molar-refractivity contribution in [2.45, 2.75) is 13.0 Å². The number of aliphatic hydroxyl groups excluding tert-OH is 1. The second-order valence-electron chi connectivity index (χ2n) is 4.20. The lowest BCUT2D eigenvalue weighted by Crippen LogP contribution is -2.32. The Balaban J connectivity index is 2.34. The van der Waals surface area contributed by atoms with E-state index in [1.54, 1.807) is 6.07 Å². The molecule has 1 aromatic rings. The lowest BCUT2D eigenvalue weighted by atomic mass is 10.2. The average Bonchev–Trinajstić information content (AvgIpc) is 2.36. The second kappa shape index (κ2) is 4.71. The van der Waals surface area contributed by atoms with Gasteiger partial charge in [-0.15, -0.1) is 0 Å². The minimum atomic E-state index is -0.000131. The molecule has 0 saturated carbocycles. The molecule has 1 atom stereocenters. The van der Waals surface area contributed by atoms with Crippen LogP contribution in [-0.2, 0) is 0 Å². The number of anilines is 2. The van der Waals surface area contributed by atoms with Gasteiger partial charge in [0.25, 0.3) is 0 Å². The van der Waals surface area contributed by atoms with Gasteiger partial charge in [-0.1, -0.05) is 0 Å². The molecule has 94 valence electrons. The summed E-state index contributed by atoms with van der Waals surface area (Å²) in [6, 6.07) is 3.63. The molecule has 1 aromatic carbocycles. The first-order chi connectivity index (χ1) is 8.13. The van der Waals surface area contributed by atoms with Gasteiger partial charge in [0.15, 0.2) is 11.5 Å². The summed E-state index contributed by atoms with van der Waals surface area (Å²) in [7, 11) is 1.89. The van der Waals surface area contributed by atoms with Crippen LogP contribution < -0.4 is 20.1 Å². The summed E-state index contributed by atoms with van der Waals surface area (Å²) in [4.78, 5) is 1.92. The zero-order chi connectivity index (χ0) is 12.4. The molecular formula is C12H18N2O3. The molecule has 5 heteroatoms. The number of nitrogens with two attached hydrogens (primary N) is 1. The highest BCUT2D eigenvalue weighted by Crippen LogP contribution is 2.38.